The van der Waals surface area contributed by atoms with Gasteiger partial charge >= 0.3 is 0 Å². The third kappa shape index (κ3) is 2.61. The first-order valence-corrected chi connectivity index (χ1v) is 9.00. The predicted octanol–water partition coefficient (Wildman–Crippen LogP) is 4.00. The van der Waals surface area contributed by atoms with Crippen molar-refractivity contribution in [3.05, 3.63) is 65.7 Å². The van der Waals surface area contributed by atoms with Crippen LogP contribution >= 0.6 is 11.6 Å². The molecule has 1 aliphatic rings. The molecule has 3 aromatic heterocycles. The lowest BCUT2D eigenvalue weighted by Crippen LogP contribution is -2.49. The molecule has 0 fully saturated rings. The number of halogens is 1. The van der Waals surface area contributed by atoms with E-state index in [-0.39, 0.29) is 5.91 Å². The Morgan fingerprint density at radius 3 is 2.81 bits per heavy atom. The van der Waals surface area contributed by atoms with Gasteiger partial charge in [-0.1, -0.05) is 11.6 Å². The molecule has 6 nitrogen and oxygen atoms in total. The Labute approximate surface area is 159 Å². The summed E-state index contributed by atoms with van der Waals surface area (Å²) >= 11 is 5.89. The van der Waals surface area contributed by atoms with Gasteiger partial charge < -0.3 is 14.9 Å². The number of fused-ring (bicyclic) bond motifs is 3. The number of pyridine rings is 1. The van der Waals surface area contributed by atoms with Crippen molar-refractivity contribution in [3.63, 3.8) is 0 Å². The van der Waals surface area contributed by atoms with Crippen LogP contribution in [-0.4, -0.2) is 31.0 Å². The molecular weight excluding hydrogens is 362 g/mol. The lowest BCUT2D eigenvalue weighted by molar-refractivity contribution is 0.0919. The van der Waals surface area contributed by atoms with Gasteiger partial charge in [-0.25, -0.2) is 9.97 Å². The number of imidazole rings is 1. The molecule has 1 atom stereocenters. The average molecular weight is 378 g/mol. The number of hydrogen-bond acceptors (Lipinski definition) is 3. The molecule has 7 heteroatoms. The number of aromatic amines is 1. The van der Waals surface area contributed by atoms with Gasteiger partial charge in [-0.15, -0.1) is 0 Å². The van der Waals surface area contributed by atoms with Gasteiger partial charge in [0.05, 0.1) is 17.3 Å². The van der Waals surface area contributed by atoms with E-state index in [0.717, 1.165) is 27.8 Å². The summed E-state index contributed by atoms with van der Waals surface area (Å²) in [5.41, 5.74) is 4.01. The standard InChI is InChI=1S/C20H16ClN5O/c1-20(25-19(27)12-2-4-13(21)5-3-12)8-14(9-20)26-11-24-16-10-23-18-15(17(16)26)6-7-22-18/h2-8,10-11H,9H2,1H3,(H,22,23)(H,25,27). The van der Waals surface area contributed by atoms with E-state index in [1.807, 2.05) is 25.5 Å². The average Bonchev–Trinajstić information content (AvgIpc) is 3.26. The summed E-state index contributed by atoms with van der Waals surface area (Å²) in [6, 6.07) is 8.89. The summed E-state index contributed by atoms with van der Waals surface area (Å²) in [6.07, 6.45) is 8.24. The molecule has 1 amide bonds. The zero-order valence-corrected chi connectivity index (χ0v) is 15.3. The lowest BCUT2D eigenvalue weighted by Gasteiger charge is -2.37. The molecule has 1 aromatic carbocycles. The highest BCUT2D eigenvalue weighted by Crippen LogP contribution is 2.36. The monoisotopic (exact) mass is 377 g/mol. The molecular formula is C20H16ClN5O. The number of rotatable bonds is 3. The summed E-state index contributed by atoms with van der Waals surface area (Å²) in [6.45, 7) is 2.01. The van der Waals surface area contributed by atoms with Gasteiger partial charge in [0.25, 0.3) is 5.91 Å². The molecule has 27 heavy (non-hydrogen) atoms. The van der Waals surface area contributed by atoms with Crippen molar-refractivity contribution >= 4 is 45.3 Å². The van der Waals surface area contributed by atoms with Crippen LogP contribution in [0, 0.1) is 0 Å². The van der Waals surface area contributed by atoms with Gasteiger partial charge in [-0.05, 0) is 43.3 Å². The van der Waals surface area contributed by atoms with Gasteiger partial charge in [0, 0.05) is 34.3 Å². The van der Waals surface area contributed by atoms with Crippen molar-refractivity contribution in [2.45, 2.75) is 18.9 Å². The molecule has 3 heterocycles. The van der Waals surface area contributed by atoms with Gasteiger partial charge in [0.15, 0.2) is 0 Å². The summed E-state index contributed by atoms with van der Waals surface area (Å²) in [7, 11) is 0. The topological polar surface area (TPSA) is 75.6 Å². The van der Waals surface area contributed by atoms with Gasteiger partial charge in [0.2, 0.25) is 0 Å². The van der Waals surface area contributed by atoms with Crippen LogP contribution in [0.15, 0.2) is 55.1 Å². The fourth-order valence-corrected chi connectivity index (χ4v) is 3.74. The van der Waals surface area contributed by atoms with E-state index in [2.05, 4.69) is 30.9 Å². The SMILES string of the molecule is CC1(NC(=O)c2ccc(Cl)cc2)C=C(n2cnc3cnc4[nH]ccc4c32)C1. The number of carbonyl (C=O) groups excluding carboxylic acids is 1. The van der Waals surface area contributed by atoms with Gasteiger partial charge in [-0.2, -0.15) is 0 Å². The van der Waals surface area contributed by atoms with Crippen molar-refractivity contribution in [1.29, 1.82) is 0 Å². The highest BCUT2D eigenvalue weighted by molar-refractivity contribution is 6.30. The molecule has 1 aliphatic carbocycles. The summed E-state index contributed by atoms with van der Waals surface area (Å²) < 4.78 is 2.07. The number of aromatic nitrogens is 4. The molecule has 0 saturated heterocycles. The first-order valence-electron chi connectivity index (χ1n) is 8.62. The zero-order valence-electron chi connectivity index (χ0n) is 14.5. The van der Waals surface area contributed by atoms with Crippen LogP contribution in [0.25, 0.3) is 27.8 Å². The Kier molecular flexibility index (Phi) is 3.39. The Bertz CT molecular complexity index is 1220. The smallest absolute Gasteiger partial charge is 0.251 e. The van der Waals surface area contributed by atoms with Crippen LogP contribution < -0.4 is 5.32 Å². The molecule has 2 N–H and O–H groups in total. The maximum absolute atomic E-state index is 12.5. The van der Waals surface area contributed by atoms with E-state index in [1.54, 1.807) is 30.5 Å². The van der Waals surface area contributed by atoms with Crippen LogP contribution in [0.2, 0.25) is 5.02 Å². The summed E-state index contributed by atoms with van der Waals surface area (Å²) in [5.74, 6) is -0.114. The van der Waals surface area contributed by atoms with Crippen molar-refractivity contribution in [3.8, 4) is 0 Å². The van der Waals surface area contributed by atoms with E-state index >= 15 is 0 Å². The molecule has 0 saturated carbocycles. The quantitative estimate of drug-likeness (QED) is 0.566. The molecule has 1 unspecified atom stereocenters. The number of H-pyrrole nitrogens is 1. The first kappa shape index (κ1) is 16.1. The zero-order chi connectivity index (χ0) is 18.6. The Hall–Kier alpha value is -3.12. The fourth-order valence-electron chi connectivity index (χ4n) is 3.61. The number of hydrogen-bond donors (Lipinski definition) is 2. The normalized spacial score (nSPS) is 19.1. The summed E-state index contributed by atoms with van der Waals surface area (Å²) in [5, 5.41) is 4.73. The van der Waals surface area contributed by atoms with E-state index in [9.17, 15) is 4.79 Å². The second-order valence-electron chi connectivity index (χ2n) is 7.04. The second kappa shape index (κ2) is 5.69. The van der Waals surface area contributed by atoms with Crippen molar-refractivity contribution in [2.24, 2.45) is 0 Å². The van der Waals surface area contributed by atoms with Crippen LogP contribution in [0.4, 0.5) is 0 Å². The fraction of sp³-hybridized carbons (Fsp3) is 0.150. The number of benzene rings is 1. The van der Waals surface area contributed by atoms with Gasteiger partial charge in [-0.3, -0.25) is 4.79 Å². The van der Waals surface area contributed by atoms with Crippen LogP contribution in [-0.2, 0) is 0 Å². The van der Waals surface area contributed by atoms with E-state index in [4.69, 9.17) is 11.6 Å². The summed E-state index contributed by atoms with van der Waals surface area (Å²) in [4.78, 5) is 24.5. The highest BCUT2D eigenvalue weighted by atomic mass is 35.5. The number of nitrogens with zero attached hydrogens (tertiary/aromatic N) is 3. The Morgan fingerprint density at radius 1 is 1.26 bits per heavy atom. The minimum Gasteiger partial charge on any atom is -0.346 e. The lowest BCUT2D eigenvalue weighted by atomic mass is 9.83. The number of carbonyl (C=O) groups is 1. The van der Waals surface area contributed by atoms with Crippen LogP contribution in [0.5, 0.6) is 0 Å². The second-order valence-corrected chi connectivity index (χ2v) is 7.47. The number of nitrogens with one attached hydrogen (secondary N) is 2. The van der Waals surface area contributed by atoms with E-state index in [1.165, 1.54) is 0 Å². The molecule has 0 spiro atoms. The van der Waals surface area contributed by atoms with Crippen LogP contribution in [0.3, 0.4) is 0 Å². The third-order valence-corrected chi connectivity index (χ3v) is 5.19. The maximum Gasteiger partial charge on any atom is 0.251 e. The van der Waals surface area contributed by atoms with Crippen molar-refractivity contribution in [2.75, 3.05) is 0 Å². The third-order valence-electron chi connectivity index (χ3n) is 4.94. The van der Waals surface area contributed by atoms with Crippen LogP contribution in [0.1, 0.15) is 23.7 Å². The number of amides is 1. The molecule has 0 radical (unpaired) electrons. The minimum atomic E-state index is -0.396. The largest absolute Gasteiger partial charge is 0.346 e. The first-order chi connectivity index (χ1) is 13.0. The molecule has 5 rings (SSSR count). The molecule has 134 valence electrons. The van der Waals surface area contributed by atoms with E-state index < -0.39 is 5.54 Å². The van der Waals surface area contributed by atoms with Gasteiger partial charge in [0.1, 0.15) is 17.5 Å². The minimum absolute atomic E-state index is 0.114. The highest BCUT2D eigenvalue weighted by Gasteiger charge is 2.35. The predicted molar refractivity (Wildman–Crippen MR) is 106 cm³/mol. The van der Waals surface area contributed by atoms with Crippen molar-refractivity contribution in [1.82, 2.24) is 24.8 Å². The molecule has 0 bridgehead atoms. The Morgan fingerprint density at radius 2 is 2.04 bits per heavy atom. The van der Waals surface area contributed by atoms with E-state index in [0.29, 0.717) is 17.0 Å². The maximum atomic E-state index is 12.5. The van der Waals surface area contributed by atoms with Crippen molar-refractivity contribution < 1.29 is 4.79 Å². The Balaban J connectivity index is 1.45. The molecule has 4 aromatic rings. The molecule has 0 aliphatic heterocycles.